The largest absolute Gasteiger partial charge is 2.00 e. The number of halogens is 12. The average molecular weight is 2020 g/mol. The van der Waals surface area contributed by atoms with Gasteiger partial charge in [-0.1, -0.05) is 214 Å². The van der Waals surface area contributed by atoms with E-state index in [0.717, 1.165) is 78.4 Å². The van der Waals surface area contributed by atoms with E-state index in [2.05, 4.69) is 72.3 Å². The van der Waals surface area contributed by atoms with E-state index >= 15 is 0 Å². The van der Waals surface area contributed by atoms with E-state index in [4.69, 9.17) is 49.0 Å². The summed E-state index contributed by atoms with van der Waals surface area (Å²) in [4.78, 5) is 65.2. The molecule has 1 saturated heterocycles. The first-order chi connectivity index (χ1) is 64.8. The van der Waals surface area contributed by atoms with Crippen molar-refractivity contribution in [3.8, 4) is 34.5 Å². The first-order valence-electron chi connectivity index (χ1n) is 41.0. The van der Waals surface area contributed by atoms with Crippen LogP contribution >= 0.6 is 33.0 Å². The maximum absolute atomic E-state index is 14.8. The molecule has 2 amide bonds. The van der Waals surface area contributed by atoms with Crippen molar-refractivity contribution in [1.82, 2.24) is 19.2 Å². The summed E-state index contributed by atoms with van der Waals surface area (Å²) in [7, 11) is 7.36. The fourth-order valence-electron chi connectivity index (χ4n) is 12.8. The Hall–Kier alpha value is -12.8. The Morgan fingerprint density at radius 2 is 0.838 bits per heavy atom. The van der Waals surface area contributed by atoms with Gasteiger partial charge in [0.1, 0.15) is 88.1 Å². The quantitative estimate of drug-likeness (QED) is 0.00813. The van der Waals surface area contributed by atoms with E-state index in [9.17, 15) is 64.2 Å². The van der Waals surface area contributed by atoms with Gasteiger partial charge in [-0.2, -0.15) is 36.4 Å². The molecule has 10 aromatic carbocycles. The smallest absolute Gasteiger partial charge is 1.00 e. The number of carbonyl (C=O) groups excluding carboxylic acids is 3. The summed E-state index contributed by atoms with van der Waals surface area (Å²) in [6.45, 7) is 25.2. The normalized spacial score (nSPS) is 12.3. The number of hydrogen-bond donors (Lipinski definition) is 2. The molecule has 34 heteroatoms. The number of aliphatic hydroxyl groups is 1. The van der Waals surface area contributed by atoms with E-state index in [1.807, 2.05) is 152 Å². The predicted octanol–water partition coefficient (Wildman–Crippen LogP) is 17.9. The third-order valence-corrected chi connectivity index (χ3v) is 19.4. The summed E-state index contributed by atoms with van der Waals surface area (Å²) in [6, 6.07) is 67.9. The van der Waals surface area contributed by atoms with Crippen LogP contribution in [0.15, 0.2) is 341 Å². The molecule has 0 saturated carbocycles. The van der Waals surface area contributed by atoms with Crippen LogP contribution in [0.4, 0.5) is 35.1 Å². The summed E-state index contributed by atoms with van der Waals surface area (Å²) in [5.41, 5.74) is 7.13. The van der Waals surface area contributed by atoms with Crippen molar-refractivity contribution in [3.63, 3.8) is 0 Å². The number of pyridine rings is 2. The van der Waals surface area contributed by atoms with E-state index < -0.39 is 84.6 Å². The second-order valence-electron chi connectivity index (χ2n) is 28.2. The summed E-state index contributed by atoms with van der Waals surface area (Å²) in [6.07, 6.45) is 14.1. The first-order valence-corrected chi connectivity index (χ1v) is 44.3. The molecule has 0 radical (unpaired) electrons. The maximum atomic E-state index is 14.8. The average Bonchev–Trinajstić information content (AvgIpc) is 0.773. The number of carbonyl (C=O) groups is 3. The van der Waals surface area contributed by atoms with Crippen molar-refractivity contribution in [3.05, 3.63) is 465 Å². The van der Waals surface area contributed by atoms with Gasteiger partial charge in [0.15, 0.2) is 75.7 Å². The third kappa shape index (κ3) is 33.9. The number of amides is 2. The Labute approximate surface area is 825 Å². The molecule has 3 aliphatic heterocycles. The molecule has 0 bridgehead atoms. The van der Waals surface area contributed by atoms with Crippen LogP contribution in [-0.2, 0) is 27.2 Å². The molecule has 1 fully saturated rings. The van der Waals surface area contributed by atoms with Gasteiger partial charge in [-0.05, 0) is 64.9 Å². The minimum atomic E-state index is -1.67. The summed E-state index contributed by atoms with van der Waals surface area (Å²) >= 11 is 6.35. The number of fused-ring (bicyclic) bond motifs is 2. The molecule has 3 atom stereocenters. The van der Waals surface area contributed by atoms with Crippen molar-refractivity contribution in [2.24, 2.45) is 0 Å². The number of nitrogens with zero attached hydrogens (tertiary/aromatic N) is 5. The molecule has 2 aromatic heterocycles. The Morgan fingerprint density at radius 1 is 0.463 bits per heavy atom. The third-order valence-electron chi connectivity index (χ3n) is 18.9. The summed E-state index contributed by atoms with van der Waals surface area (Å²) < 4.78 is 158. The van der Waals surface area contributed by atoms with E-state index in [1.54, 1.807) is 57.1 Å². The molecule has 3 aliphatic rings. The SMILES string of the molecule is C1CCOC1.C=CCN1CNn2ccc(=O)c(OCc3ccccc3)c2C1=O.C=CCOc1cc(F)c(F)cc1C(Cl)c1ccccc1.C=CCOc1cc(F)c(F)cc1C(O)c1ccccc1.C=CCOc1cc(F)c(F)cc1C(c1ccccc1)N1CN(CC=C)C(=O)c2c(OCc3ccccc3)c(=O)ccn21.C=CCOc1cc(F)c(F)cc1C=O.O=S(Cl)Cl.[Br-].[Mg+2].[c-]1ccccc1. The Morgan fingerprint density at radius 3 is 1.27 bits per heavy atom. The minimum Gasteiger partial charge on any atom is -1.00 e. The molecule has 15 rings (SSSR count). The van der Waals surface area contributed by atoms with Gasteiger partial charge in [0.05, 0.1) is 10.9 Å². The zero-order valence-electron chi connectivity index (χ0n) is 73.3. The number of nitrogens with one attached hydrogen (secondary N) is 1. The number of alkyl halides is 1. The Bertz CT molecular complexity index is 5880. The molecule has 136 heavy (non-hydrogen) atoms. The number of rotatable bonds is 30. The molecule has 0 spiro atoms. The van der Waals surface area contributed by atoms with Gasteiger partial charge in [-0.15, -0.1) is 24.8 Å². The molecule has 5 heterocycles. The van der Waals surface area contributed by atoms with Crippen LogP contribution in [0.25, 0.3) is 0 Å². The van der Waals surface area contributed by atoms with Gasteiger partial charge in [0.25, 0.3) is 11.8 Å². The second-order valence-corrected chi connectivity index (χ2v) is 31.2. The minimum absolute atomic E-state index is 0. The van der Waals surface area contributed by atoms with Crippen molar-refractivity contribution >= 4 is 83.3 Å². The number of ether oxygens (including phenoxy) is 7. The van der Waals surface area contributed by atoms with Crippen molar-refractivity contribution < 1.29 is 109 Å². The molecule has 708 valence electrons. The van der Waals surface area contributed by atoms with Crippen LogP contribution in [0.2, 0.25) is 0 Å². The van der Waals surface area contributed by atoms with Crippen molar-refractivity contribution in [2.75, 3.05) is 76.5 Å². The van der Waals surface area contributed by atoms with Crippen molar-refractivity contribution in [2.45, 2.75) is 43.6 Å². The zero-order chi connectivity index (χ0) is 96.9. The van der Waals surface area contributed by atoms with Crippen LogP contribution in [0.5, 0.6) is 34.5 Å². The van der Waals surface area contributed by atoms with Gasteiger partial charge in [0.2, 0.25) is 20.1 Å². The first kappa shape index (κ1) is 112. The summed E-state index contributed by atoms with van der Waals surface area (Å²) in [5, 5.41) is 11.4. The number of aromatic nitrogens is 2. The van der Waals surface area contributed by atoms with Gasteiger partial charge >= 0.3 is 23.1 Å². The fraction of sp³-hybridized carbons (Fsp3) is 0.167. The van der Waals surface area contributed by atoms with Gasteiger partial charge < -0.3 is 70.5 Å². The fourth-order valence-corrected chi connectivity index (χ4v) is 13.1. The van der Waals surface area contributed by atoms with Crippen LogP contribution < -0.4 is 66.7 Å². The van der Waals surface area contributed by atoms with Gasteiger partial charge in [-0.3, -0.25) is 38.3 Å². The standard InChI is InChI=1S/C33H29F2N3O4.C17H17N3O3.C16H13ClF2O.C16H14F2O2.C10H8F2O2.C6H5.C4H8O.BrH.Cl2OS.Mg/c1-3-16-36-22-38(37-17-15-28(39)32(31(37)33(36)40)42-21-23-11-7-5-8-12-23)30(24-13-9-6-10-14-24)25-19-26(34)27(35)20-29(25)41-18-4-2;1-2-9-19-12-18-20-10-8-14(21)16(15(20)17(19)22)23-11-13-6-4-3-5-7-13;1-2-8-20-15-10-14(19)13(18)9-12(15)16(17)11-6-4-3-5-7-11;1-2-8-20-15-10-14(18)13(17)9-12(15)16(19)11-6-4-3-5-7-11;1-2-3-14-10-5-9(12)8(11)4-7(10)6-13;1-2-4-6-5-3-1;1-2-4-5-3-1;;1-4(2)3;/h3-15,17,19-20,30H,1-2,16,18,21-22H2;2-8,10,18H,1,9,11-12H2;2-7,9-10,16H,1,8H2;2-7,9-10,16,19H,1,8H2;2,4-6H,1,3H2;1-5H;1-4H2;1H;;/q;;;;;-1;;;;+2/p-1. The molecule has 3 unspecified atom stereocenters. The van der Waals surface area contributed by atoms with Crippen LogP contribution in [0.3, 0.4) is 0 Å². The monoisotopic (exact) mass is 2020 g/mol. The molecular weight excluding hydrogens is 1930 g/mol. The Kier molecular flexibility index (Phi) is 49.2. The van der Waals surface area contributed by atoms with Crippen LogP contribution in [0.1, 0.15) is 106 Å². The van der Waals surface area contributed by atoms with Crippen LogP contribution in [0, 0.1) is 52.6 Å². The molecular formula is C102H94BrCl3F8MgN6O14S. The zero-order valence-corrected chi connectivity index (χ0v) is 79.4. The summed E-state index contributed by atoms with van der Waals surface area (Å²) in [5.74, 6) is -8.53. The number of aliphatic hydroxyl groups excluding tert-OH is 1. The Balaban J connectivity index is 0.000000261. The van der Waals surface area contributed by atoms with Gasteiger partial charge in [0, 0.05) is 113 Å². The van der Waals surface area contributed by atoms with Crippen LogP contribution in [-0.4, -0.2) is 136 Å². The van der Waals surface area contributed by atoms with E-state index in [1.165, 1.54) is 71.2 Å². The number of hydrogen-bond acceptors (Lipinski definition) is 16. The maximum Gasteiger partial charge on any atom is 2.00 e. The topological polar surface area (TPSA) is 219 Å². The number of benzene rings is 10. The molecule has 20 nitrogen and oxygen atoms in total. The predicted molar refractivity (Wildman–Crippen MR) is 510 cm³/mol. The van der Waals surface area contributed by atoms with Gasteiger partial charge in [-0.25, -0.2) is 39.3 Å². The van der Waals surface area contributed by atoms with Crippen molar-refractivity contribution in [1.29, 1.82) is 0 Å². The van der Waals surface area contributed by atoms with E-state index in [-0.39, 0.29) is 161 Å². The second kappa shape index (κ2) is 59.8. The number of aldehydes is 1. The molecule has 2 N–H and O–H groups in total. The molecule has 12 aromatic rings. The molecule has 0 aliphatic carbocycles. The van der Waals surface area contributed by atoms with E-state index in [0.29, 0.717) is 41.8 Å².